The minimum absolute atomic E-state index is 0.172. The zero-order valence-corrected chi connectivity index (χ0v) is 18.1. The summed E-state index contributed by atoms with van der Waals surface area (Å²) in [6, 6.07) is 9.53. The Balaban J connectivity index is 1.30. The Morgan fingerprint density at radius 3 is 1.94 bits per heavy atom. The average molecular weight is 431 g/mol. The topological polar surface area (TPSA) is 108 Å². The Kier molecular flexibility index (Phi) is 8.88. The van der Waals surface area contributed by atoms with Gasteiger partial charge in [-0.15, -0.1) is 0 Å². The lowest BCUT2D eigenvalue weighted by Crippen LogP contribution is -2.34. The van der Waals surface area contributed by atoms with E-state index in [9.17, 15) is 14.4 Å². The highest BCUT2D eigenvalue weighted by Gasteiger charge is 2.32. The molecule has 0 aliphatic heterocycles. The fraction of sp³-hybridized carbons (Fsp3) is 0.625. The van der Waals surface area contributed by atoms with Gasteiger partial charge in [-0.3, -0.25) is 9.59 Å². The van der Waals surface area contributed by atoms with Crippen LogP contribution in [0.4, 0.5) is 4.79 Å². The molecular weight excluding hydrogens is 396 g/mol. The highest BCUT2D eigenvalue weighted by molar-refractivity contribution is 5.88. The van der Waals surface area contributed by atoms with Crippen molar-refractivity contribution >= 4 is 18.0 Å². The number of hydrogen-bond donors (Lipinski definition) is 2. The van der Waals surface area contributed by atoms with E-state index in [1.54, 1.807) is 0 Å². The van der Waals surface area contributed by atoms with E-state index in [-0.39, 0.29) is 30.4 Å². The zero-order chi connectivity index (χ0) is 22.1. The summed E-state index contributed by atoms with van der Waals surface area (Å²) in [5.41, 5.74) is 6.63. The maximum Gasteiger partial charge on any atom is 0.407 e. The lowest BCUT2D eigenvalue weighted by molar-refractivity contribution is -0.167. The Hall–Kier alpha value is -2.41. The summed E-state index contributed by atoms with van der Waals surface area (Å²) in [5, 5.41) is 2.81. The summed E-state index contributed by atoms with van der Waals surface area (Å²) in [7, 11) is 0. The van der Waals surface area contributed by atoms with Crippen molar-refractivity contribution in [3.05, 3.63) is 35.9 Å². The third-order valence-corrected chi connectivity index (χ3v) is 6.64. The smallest absolute Gasteiger partial charge is 0.407 e. The van der Waals surface area contributed by atoms with E-state index in [1.807, 2.05) is 30.3 Å². The number of benzene rings is 1. The molecular formula is C24H34N2O5. The van der Waals surface area contributed by atoms with E-state index in [0.29, 0.717) is 37.8 Å². The molecule has 0 spiro atoms. The fourth-order valence-electron chi connectivity index (χ4n) is 4.50. The van der Waals surface area contributed by atoms with Gasteiger partial charge in [0, 0.05) is 6.54 Å². The first-order valence-corrected chi connectivity index (χ1v) is 11.4. The standard InChI is InChI=1S/C24H34N2O5/c25-14-17-6-10-20(11-7-17)22(27)31-23(28)21-12-8-18(9-13-21)15-26-24(29)30-16-19-4-2-1-3-5-19/h1-5,17-18,20-21H,6-16,25H2,(H,26,29). The van der Waals surface area contributed by atoms with Crippen LogP contribution in [0.2, 0.25) is 0 Å². The predicted molar refractivity (Wildman–Crippen MR) is 116 cm³/mol. The minimum Gasteiger partial charge on any atom is -0.445 e. The van der Waals surface area contributed by atoms with E-state index in [2.05, 4.69) is 5.32 Å². The second-order valence-electron chi connectivity index (χ2n) is 8.85. The number of ether oxygens (including phenoxy) is 2. The molecule has 3 N–H and O–H groups in total. The molecule has 2 aliphatic rings. The lowest BCUT2D eigenvalue weighted by Gasteiger charge is -2.28. The number of carbonyl (C=O) groups is 3. The number of rotatable bonds is 7. The largest absolute Gasteiger partial charge is 0.445 e. The molecule has 1 aromatic carbocycles. The van der Waals surface area contributed by atoms with Crippen LogP contribution >= 0.6 is 0 Å². The molecule has 2 fully saturated rings. The van der Waals surface area contributed by atoms with Gasteiger partial charge in [0.2, 0.25) is 0 Å². The van der Waals surface area contributed by atoms with Crippen molar-refractivity contribution < 1.29 is 23.9 Å². The van der Waals surface area contributed by atoms with Gasteiger partial charge >= 0.3 is 18.0 Å². The first kappa shape index (κ1) is 23.3. The number of alkyl carbamates (subject to hydrolysis) is 1. The van der Waals surface area contributed by atoms with Crippen LogP contribution in [0, 0.1) is 23.7 Å². The molecule has 7 nitrogen and oxygen atoms in total. The SMILES string of the molecule is NCC1CCC(C(=O)OC(=O)C2CCC(CNC(=O)OCc3ccccc3)CC2)CC1. The molecule has 7 heteroatoms. The Labute approximate surface area is 184 Å². The third kappa shape index (κ3) is 7.35. The predicted octanol–water partition coefficient (Wildman–Crippen LogP) is 3.55. The van der Waals surface area contributed by atoms with E-state index in [0.717, 1.165) is 44.1 Å². The van der Waals surface area contributed by atoms with Crippen molar-refractivity contribution in [3.63, 3.8) is 0 Å². The van der Waals surface area contributed by atoms with Gasteiger partial charge in [-0.25, -0.2) is 4.79 Å². The van der Waals surface area contributed by atoms with E-state index in [1.165, 1.54) is 0 Å². The number of amides is 1. The monoisotopic (exact) mass is 430 g/mol. The number of nitrogens with two attached hydrogens (primary N) is 1. The molecule has 0 bridgehead atoms. The van der Waals surface area contributed by atoms with E-state index >= 15 is 0 Å². The van der Waals surface area contributed by atoms with Gasteiger partial charge in [-0.05, 0) is 75.3 Å². The number of hydrogen-bond acceptors (Lipinski definition) is 6. The van der Waals surface area contributed by atoms with Gasteiger partial charge < -0.3 is 20.5 Å². The van der Waals surface area contributed by atoms with Crippen molar-refractivity contribution in [2.75, 3.05) is 13.1 Å². The van der Waals surface area contributed by atoms with Crippen molar-refractivity contribution in [2.45, 2.75) is 58.0 Å². The zero-order valence-electron chi connectivity index (χ0n) is 18.1. The van der Waals surface area contributed by atoms with Crippen LogP contribution in [0.25, 0.3) is 0 Å². The molecule has 3 rings (SSSR count). The van der Waals surface area contributed by atoms with Crippen molar-refractivity contribution in [3.8, 4) is 0 Å². The highest BCUT2D eigenvalue weighted by atomic mass is 16.6. The molecule has 0 heterocycles. The van der Waals surface area contributed by atoms with Crippen LogP contribution in [0.1, 0.15) is 56.9 Å². The Morgan fingerprint density at radius 1 is 0.839 bits per heavy atom. The highest BCUT2D eigenvalue weighted by Crippen LogP contribution is 2.32. The summed E-state index contributed by atoms with van der Waals surface area (Å²) in [6.45, 7) is 1.43. The summed E-state index contributed by atoms with van der Waals surface area (Å²) < 4.78 is 10.4. The normalized spacial score (nSPS) is 26.0. The van der Waals surface area contributed by atoms with Crippen molar-refractivity contribution in [1.29, 1.82) is 0 Å². The first-order valence-electron chi connectivity index (χ1n) is 11.4. The summed E-state index contributed by atoms with van der Waals surface area (Å²) in [6.07, 6.45) is 5.92. The second-order valence-corrected chi connectivity index (χ2v) is 8.85. The van der Waals surface area contributed by atoms with Crippen LogP contribution < -0.4 is 11.1 Å². The van der Waals surface area contributed by atoms with Crippen molar-refractivity contribution in [1.82, 2.24) is 5.32 Å². The van der Waals surface area contributed by atoms with Gasteiger partial charge in [-0.2, -0.15) is 0 Å². The van der Waals surface area contributed by atoms with E-state index in [4.69, 9.17) is 15.2 Å². The van der Waals surface area contributed by atoms with Gasteiger partial charge in [0.25, 0.3) is 0 Å². The van der Waals surface area contributed by atoms with Crippen LogP contribution in [0.5, 0.6) is 0 Å². The molecule has 170 valence electrons. The Morgan fingerprint density at radius 2 is 1.39 bits per heavy atom. The second kappa shape index (κ2) is 11.8. The molecule has 2 aliphatic carbocycles. The first-order chi connectivity index (χ1) is 15.0. The van der Waals surface area contributed by atoms with E-state index < -0.39 is 6.09 Å². The number of esters is 2. The van der Waals surface area contributed by atoms with Crippen LogP contribution in [-0.2, 0) is 25.7 Å². The Bertz CT molecular complexity index is 723. The van der Waals surface area contributed by atoms with Crippen molar-refractivity contribution in [2.24, 2.45) is 29.4 Å². The fourth-order valence-corrected chi connectivity index (χ4v) is 4.50. The summed E-state index contributed by atoms with van der Waals surface area (Å²) in [4.78, 5) is 36.6. The van der Waals surface area contributed by atoms with Gasteiger partial charge in [0.05, 0.1) is 11.8 Å². The molecule has 0 atom stereocenters. The number of carbonyl (C=O) groups excluding carboxylic acids is 3. The maximum absolute atomic E-state index is 12.4. The summed E-state index contributed by atoms with van der Waals surface area (Å²) in [5.74, 6) is -0.375. The third-order valence-electron chi connectivity index (χ3n) is 6.64. The number of nitrogens with one attached hydrogen (secondary N) is 1. The summed E-state index contributed by atoms with van der Waals surface area (Å²) >= 11 is 0. The minimum atomic E-state index is -0.430. The molecule has 0 saturated heterocycles. The molecule has 0 aromatic heterocycles. The quantitative estimate of drug-likeness (QED) is 0.506. The maximum atomic E-state index is 12.4. The molecule has 0 radical (unpaired) electrons. The van der Waals surface area contributed by atoms with Crippen LogP contribution in [0.3, 0.4) is 0 Å². The molecule has 1 aromatic rings. The van der Waals surface area contributed by atoms with Gasteiger partial charge in [0.15, 0.2) is 0 Å². The van der Waals surface area contributed by atoms with Gasteiger partial charge in [-0.1, -0.05) is 30.3 Å². The van der Waals surface area contributed by atoms with Crippen LogP contribution in [-0.4, -0.2) is 31.1 Å². The molecule has 2 saturated carbocycles. The molecule has 31 heavy (non-hydrogen) atoms. The lowest BCUT2D eigenvalue weighted by atomic mass is 9.81. The molecule has 1 amide bonds. The average Bonchev–Trinajstić information content (AvgIpc) is 2.82. The van der Waals surface area contributed by atoms with Gasteiger partial charge in [0.1, 0.15) is 6.61 Å². The van der Waals surface area contributed by atoms with Crippen LogP contribution in [0.15, 0.2) is 30.3 Å². The molecule has 0 unspecified atom stereocenters.